The van der Waals surface area contributed by atoms with Crippen molar-refractivity contribution in [1.29, 1.82) is 0 Å². The van der Waals surface area contributed by atoms with E-state index in [0.29, 0.717) is 11.8 Å². The van der Waals surface area contributed by atoms with Gasteiger partial charge in [-0.3, -0.25) is 4.79 Å². The van der Waals surface area contributed by atoms with Crippen LogP contribution in [0, 0.1) is 0 Å². The molecule has 0 spiro atoms. The number of hydrogen-bond donors (Lipinski definition) is 1. The van der Waals surface area contributed by atoms with Gasteiger partial charge in [0, 0.05) is 12.5 Å². The summed E-state index contributed by atoms with van der Waals surface area (Å²) >= 11 is 3.10. The highest BCUT2D eigenvalue weighted by Gasteiger charge is 2.00. The lowest BCUT2D eigenvalue weighted by Crippen LogP contribution is -2.02. The van der Waals surface area contributed by atoms with E-state index in [0.717, 1.165) is 17.2 Å². The van der Waals surface area contributed by atoms with Crippen molar-refractivity contribution in [3.8, 4) is 0 Å². The maximum absolute atomic E-state index is 11.1. The first-order valence-corrected chi connectivity index (χ1v) is 5.81. The highest BCUT2D eigenvalue weighted by atomic mass is 79.9. The summed E-state index contributed by atoms with van der Waals surface area (Å²) in [6.45, 7) is 0. The van der Waals surface area contributed by atoms with Crippen LogP contribution in [0.2, 0.25) is 0 Å². The molecule has 1 rings (SSSR count). The number of alkyl halides is 1. The molecule has 0 amide bonds. The molecule has 0 aliphatic carbocycles. The average Bonchev–Trinajstić information content (AvgIpc) is 2.28. The summed E-state index contributed by atoms with van der Waals surface area (Å²) in [4.78, 5) is 21.4. The van der Waals surface area contributed by atoms with Crippen molar-refractivity contribution in [2.24, 2.45) is 0 Å². The first kappa shape index (κ1) is 12.6. The molecule has 0 bridgehead atoms. The van der Waals surface area contributed by atoms with E-state index in [1.165, 1.54) is 6.08 Å². The van der Waals surface area contributed by atoms with Crippen LogP contribution in [0.4, 0.5) is 0 Å². The van der Waals surface area contributed by atoms with Gasteiger partial charge in [-0.15, -0.1) is 0 Å². The van der Waals surface area contributed by atoms with Crippen molar-refractivity contribution in [1.82, 2.24) is 0 Å². The maximum Gasteiger partial charge on any atom is 0.328 e. The minimum absolute atomic E-state index is 0.119. The lowest BCUT2D eigenvalue weighted by atomic mass is 10.1. The van der Waals surface area contributed by atoms with Gasteiger partial charge in [-0.2, -0.15) is 0 Å². The summed E-state index contributed by atoms with van der Waals surface area (Å²) in [6, 6.07) is 7.22. The number of hydrogen-bond acceptors (Lipinski definition) is 2. The van der Waals surface area contributed by atoms with Gasteiger partial charge >= 0.3 is 5.97 Å². The fraction of sp³-hybridized carbons (Fsp3) is 0.167. The van der Waals surface area contributed by atoms with E-state index < -0.39 is 5.97 Å². The molecule has 0 radical (unpaired) electrons. The SMILES string of the molecule is O=C(O)C=Cc1ccc(CC(=O)CBr)cc1. The molecule has 3 nitrogen and oxygen atoms in total. The highest BCUT2D eigenvalue weighted by molar-refractivity contribution is 9.09. The van der Waals surface area contributed by atoms with Gasteiger partial charge in [0.05, 0.1) is 5.33 Å². The monoisotopic (exact) mass is 282 g/mol. The third-order valence-electron chi connectivity index (χ3n) is 1.95. The van der Waals surface area contributed by atoms with E-state index in [4.69, 9.17) is 5.11 Å². The van der Waals surface area contributed by atoms with Crippen LogP contribution in [0.5, 0.6) is 0 Å². The Bertz CT molecular complexity index is 407. The summed E-state index contributed by atoms with van der Waals surface area (Å²) in [5, 5.41) is 8.80. The predicted molar refractivity (Wildman–Crippen MR) is 65.6 cm³/mol. The number of Topliss-reactive ketones (excluding diaryl/α,β-unsaturated/α-hetero) is 1. The molecule has 1 aromatic carbocycles. The zero-order chi connectivity index (χ0) is 12.0. The molecule has 0 saturated carbocycles. The van der Waals surface area contributed by atoms with Crippen LogP contribution in [-0.4, -0.2) is 22.2 Å². The topological polar surface area (TPSA) is 54.4 Å². The Morgan fingerprint density at radius 3 is 2.38 bits per heavy atom. The second-order valence-electron chi connectivity index (χ2n) is 3.26. The first-order chi connectivity index (χ1) is 7.61. The van der Waals surface area contributed by atoms with Crippen LogP contribution in [-0.2, 0) is 16.0 Å². The fourth-order valence-electron chi connectivity index (χ4n) is 1.19. The summed E-state index contributed by atoms with van der Waals surface area (Å²) in [7, 11) is 0. The van der Waals surface area contributed by atoms with Crippen LogP contribution in [0.15, 0.2) is 30.3 Å². The second-order valence-corrected chi connectivity index (χ2v) is 3.82. The van der Waals surface area contributed by atoms with Crippen LogP contribution >= 0.6 is 15.9 Å². The summed E-state index contributed by atoms with van der Waals surface area (Å²) in [5.74, 6) is -0.854. The second kappa shape index (κ2) is 6.23. The predicted octanol–water partition coefficient (Wildman–Crippen LogP) is 2.29. The van der Waals surface area contributed by atoms with E-state index >= 15 is 0 Å². The number of carbonyl (C=O) groups is 2. The summed E-state index contributed by atoms with van der Waals surface area (Å²) < 4.78 is 0. The van der Waals surface area contributed by atoms with Gasteiger partial charge in [-0.1, -0.05) is 40.2 Å². The van der Waals surface area contributed by atoms with Crippen molar-refractivity contribution >= 4 is 33.8 Å². The maximum atomic E-state index is 11.1. The van der Waals surface area contributed by atoms with Gasteiger partial charge in [0.25, 0.3) is 0 Å². The molecule has 0 aliphatic rings. The molecule has 0 saturated heterocycles. The minimum atomic E-state index is -0.974. The zero-order valence-corrected chi connectivity index (χ0v) is 10.1. The third-order valence-corrected chi connectivity index (χ3v) is 2.57. The number of benzene rings is 1. The van der Waals surface area contributed by atoms with Crippen LogP contribution in [0.25, 0.3) is 6.08 Å². The fourth-order valence-corrected chi connectivity index (χ4v) is 1.39. The van der Waals surface area contributed by atoms with E-state index in [1.54, 1.807) is 12.1 Å². The number of aliphatic carboxylic acids is 1. The molecule has 1 N–H and O–H groups in total. The summed E-state index contributed by atoms with van der Waals surface area (Å²) in [6.07, 6.45) is 2.99. The molecule has 0 aromatic heterocycles. The van der Waals surface area contributed by atoms with Gasteiger partial charge < -0.3 is 5.11 Å². The summed E-state index contributed by atoms with van der Waals surface area (Å²) in [5.41, 5.74) is 1.73. The smallest absolute Gasteiger partial charge is 0.328 e. The van der Waals surface area contributed by atoms with Crippen LogP contribution in [0.3, 0.4) is 0 Å². The van der Waals surface area contributed by atoms with Crippen molar-refractivity contribution in [2.45, 2.75) is 6.42 Å². The van der Waals surface area contributed by atoms with E-state index in [-0.39, 0.29) is 5.78 Å². The Balaban J connectivity index is 2.68. The molecule has 4 heteroatoms. The third kappa shape index (κ3) is 4.40. The van der Waals surface area contributed by atoms with Gasteiger partial charge in [-0.05, 0) is 17.2 Å². The van der Waals surface area contributed by atoms with E-state index in [1.807, 2.05) is 12.1 Å². The lowest BCUT2D eigenvalue weighted by molar-refractivity contribution is -0.131. The molecule has 0 fully saturated rings. The number of rotatable bonds is 5. The molecule has 0 aliphatic heterocycles. The molecule has 1 aromatic rings. The number of carboxylic acid groups (broad SMARTS) is 1. The molecule has 0 unspecified atom stereocenters. The van der Waals surface area contributed by atoms with Crippen molar-refractivity contribution in [2.75, 3.05) is 5.33 Å². The quantitative estimate of drug-likeness (QED) is 0.666. The average molecular weight is 283 g/mol. The Morgan fingerprint density at radius 2 is 1.88 bits per heavy atom. The molecular weight excluding hydrogens is 272 g/mol. The normalized spacial score (nSPS) is 10.6. The molecule has 0 atom stereocenters. The van der Waals surface area contributed by atoms with Gasteiger partial charge in [0.2, 0.25) is 0 Å². The number of carbonyl (C=O) groups excluding carboxylic acids is 1. The molecule has 84 valence electrons. The molecule has 16 heavy (non-hydrogen) atoms. The molecular formula is C12H11BrO3. The Hall–Kier alpha value is -1.42. The van der Waals surface area contributed by atoms with Crippen molar-refractivity contribution < 1.29 is 14.7 Å². The van der Waals surface area contributed by atoms with E-state index in [2.05, 4.69) is 15.9 Å². The van der Waals surface area contributed by atoms with E-state index in [9.17, 15) is 9.59 Å². The number of ketones is 1. The van der Waals surface area contributed by atoms with Gasteiger partial charge in [0.1, 0.15) is 5.78 Å². The standard InChI is InChI=1S/C12H11BrO3/c13-8-11(14)7-10-3-1-9(2-4-10)5-6-12(15)16/h1-6H,7-8H2,(H,15,16). The number of halogens is 1. The first-order valence-electron chi connectivity index (χ1n) is 4.69. The van der Waals surface area contributed by atoms with Crippen molar-refractivity contribution in [3.63, 3.8) is 0 Å². The van der Waals surface area contributed by atoms with Gasteiger partial charge in [-0.25, -0.2) is 4.79 Å². The Labute approximate surface area is 102 Å². The molecule has 0 heterocycles. The van der Waals surface area contributed by atoms with Crippen LogP contribution < -0.4 is 0 Å². The van der Waals surface area contributed by atoms with Crippen molar-refractivity contribution in [3.05, 3.63) is 41.5 Å². The van der Waals surface area contributed by atoms with Gasteiger partial charge in [0.15, 0.2) is 0 Å². The highest BCUT2D eigenvalue weighted by Crippen LogP contribution is 2.07. The minimum Gasteiger partial charge on any atom is -0.478 e. The Morgan fingerprint density at radius 1 is 1.25 bits per heavy atom. The van der Waals surface area contributed by atoms with Crippen LogP contribution in [0.1, 0.15) is 11.1 Å². The zero-order valence-electron chi connectivity index (χ0n) is 8.52. The lowest BCUT2D eigenvalue weighted by Gasteiger charge is -1.99. The largest absolute Gasteiger partial charge is 0.478 e. The number of carboxylic acids is 1. The Kier molecular flexibility index (Phi) is 4.92.